The van der Waals surface area contributed by atoms with Crippen molar-refractivity contribution in [3.63, 3.8) is 0 Å². The first kappa shape index (κ1) is 14.6. The van der Waals surface area contributed by atoms with Gasteiger partial charge in [0.2, 0.25) is 0 Å². The van der Waals surface area contributed by atoms with Crippen molar-refractivity contribution in [3.8, 4) is 0 Å². The summed E-state index contributed by atoms with van der Waals surface area (Å²) in [7, 11) is 0. The number of carbonyl (C=O) groups is 1. The van der Waals surface area contributed by atoms with Crippen LogP contribution in [0.1, 0.15) is 59.8 Å². The van der Waals surface area contributed by atoms with E-state index in [2.05, 4.69) is 17.6 Å². The minimum absolute atomic E-state index is 0.278. The zero-order chi connectivity index (χ0) is 14.0. The molecule has 2 aliphatic carbocycles. The quantitative estimate of drug-likeness (QED) is 0.827. The van der Waals surface area contributed by atoms with Crippen LogP contribution in [0.5, 0.6) is 0 Å². The van der Waals surface area contributed by atoms with Gasteiger partial charge in [-0.25, -0.2) is 4.79 Å². The summed E-state index contributed by atoms with van der Waals surface area (Å²) in [5, 5.41) is 6.70. The Hall–Kier alpha value is -0.770. The summed E-state index contributed by atoms with van der Waals surface area (Å²) in [6.07, 6.45) is 5.47. The second-order valence-corrected chi connectivity index (χ2v) is 7.18. The summed E-state index contributed by atoms with van der Waals surface area (Å²) in [5.74, 6) is 0.859. The predicted molar refractivity (Wildman–Crippen MR) is 76.1 cm³/mol. The largest absolute Gasteiger partial charge is 0.444 e. The number of hydrogen-bond acceptors (Lipinski definition) is 3. The molecule has 0 bridgehead atoms. The average molecular weight is 268 g/mol. The summed E-state index contributed by atoms with van der Waals surface area (Å²) >= 11 is 0. The van der Waals surface area contributed by atoms with Crippen molar-refractivity contribution in [2.45, 2.75) is 83.5 Å². The first-order valence-electron chi connectivity index (χ1n) is 7.59. The third-order valence-corrected chi connectivity index (χ3v) is 4.01. The SMILES string of the molecule is CC1CC1NC1CCC(NC(=O)OC(C)(C)C)CC1. The first-order valence-corrected chi connectivity index (χ1v) is 7.59. The second-order valence-electron chi connectivity index (χ2n) is 7.18. The fraction of sp³-hybridized carbons (Fsp3) is 0.933. The Bertz CT molecular complexity index is 317. The molecular formula is C15H28N2O2. The molecule has 0 saturated heterocycles. The first-order chi connectivity index (χ1) is 8.83. The predicted octanol–water partition coefficient (Wildman–Crippen LogP) is 2.82. The van der Waals surface area contributed by atoms with Gasteiger partial charge >= 0.3 is 6.09 Å². The van der Waals surface area contributed by atoms with Crippen molar-refractivity contribution >= 4 is 6.09 Å². The lowest BCUT2D eigenvalue weighted by molar-refractivity contribution is 0.0489. The maximum absolute atomic E-state index is 11.7. The van der Waals surface area contributed by atoms with Crippen LogP contribution in [0.15, 0.2) is 0 Å². The average Bonchev–Trinajstić information content (AvgIpc) is 2.94. The highest BCUT2D eigenvalue weighted by molar-refractivity contribution is 5.68. The van der Waals surface area contributed by atoms with E-state index in [0.717, 1.165) is 37.6 Å². The summed E-state index contributed by atoms with van der Waals surface area (Å²) in [5.41, 5.74) is -0.412. The Kier molecular flexibility index (Phi) is 4.39. The minimum Gasteiger partial charge on any atom is -0.444 e. The molecule has 2 fully saturated rings. The molecule has 0 aromatic carbocycles. The molecule has 2 atom stereocenters. The van der Waals surface area contributed by atoms with Gasteiger partial charge in [0.15, 0.2) is 0 Å². The van der Waals surface area contributed by atoms with Crippen molar-refractivity contribution in [2.75, 3.05) is 0 Å². The molecule has 19 heavy (non-hydrogen) atoms. The van der Waals surface area contributed by atoms with Crippen LogP contribution in [-0.4, -0.2) is 29.8 Å². The van der Waals surface area contributed by atoms with Gasteiger partial charge in [-0.05, 0) is 58.8 Å². The molecule has 2 unspecified atom stereocenters. The van der Waals surface area contributed by atoms with E-state index in [1.807, 2.05) is 20.8 Å². The Morgan fingerprint density at radius 1 is 1.11 bits per heavy atom. The number of rotatable bonds is 3. The van der Waals surface area contributed by atoms with Crippen LogP contribution >= 0.6 is 0 Å². The highest BCUT2D eigenvalue weighted by Crippen LogP contribution is 2.31. The zero-order valence-electron chi connectivity index (χ0n) is 12.7. The Morgan fingerprint density at radius 2 is 1.63 bits per heavy atom. The highest BCUT2D eigenvalue weighted by Gasteiger charge is 2.35. The molecule has 0 spiro atoms. The topological polar surface area (TPSA) is 50.4 Å². The molecule has 0 aromatic rings. The van der Waals surface area contributed by atoms with Crippen LogP contribution in [0.3, 0.4) is 0 Å². The van der Waals surface area contributed by atoms with Gasteiger partial charge in [0, 0.05) is 18.1 Å². The van der Waals surface area contributed by atoms with Crippen molar-refractivity contribution in [1.29, 1.82) is 0 Å². The monoisotopic (exact) mass is 268 g/mol. The van der Waals surface area contributed by atoms with Crippen LogP contribution in [0, 0.1) is 5.92 Å². The summed E-state index contributed by atoms with van der Waals surface area (Å²) in [4.78, 5) is 11.7. The van der Waals surface area contributed by atoms with Crippen molar-refractivity contribution < 1.29 is 9.53 Å². The van der Waals surface area contributed by atoms with E-state index in [-0.39, 0.29) is 12.1 Å². The molecule has 2 saturated carbocycles. The maximum atomic E-state index is 11.7. The van der Waals surface area contributed by atoms with Crippen LogP contribution in [-0.2, 0) is 4.74 Å². The van der Waals surface area contributed by atoms with Gasteiger partial charge in [-0.3, -0.25) is 0 Å². The van der Waals surface area contributed by atoms with Gasteiger partial charge in [-0.2, -0.15) is 0 Å². The van der Waals surface area contributed by atoms with Crippen LogP contribution in [0.2, 0.25) is 0 Å². The fourth-order valence-corrected chi connectivity index (χ4v) is 2.74. The standard InChI is InChI=1S/C15H28N2O2/c1-10-9-13(10)16-11-5-7-12(8-6-11)17-14(18)19-15(2,3)4/h10-13,16H,5-9H2,1-4H3,(H,17,18). The van der Waals surface area contributed by atoms with E-state index >= 15 is 0 Å². The molecule has 2 aliphatic rings. The molecule has 4 heteroatoms. The Labute approximate surface area is 116 Å². The summed E-state index contributed by atoms with van der Waals surface area (Å²) in [6, 6.07) is 1.68. The molecule has 110 valence electrons. The Morgan fingerprint density at radius 3 is 2.11 bits per heavy atom. The molecule has 2 rings (SSSR count). The second kappa shape index (κ2) is 5.70. The van der Waals surface area contributed by atoms with Gasteiger partial charge < -0.3 is 15.4 Å². The van der Waals surface area contributed by atoms with E-state index in [1.165, 1.54) is 6.42 Å². The normalized spacial score (nSPS) is 34.7. The number of amides is 1. The molecule has 0 heterocycles. The molecule has 0 aromatic heterocycles. The summed E-state index contributed by atoms with van der Waals surface area (Å²) in [6.45, 7) is 7.98. The van der Waals surface area contributed by atoms with Gasteiger partial charge in [0.05, 0.1) is 0 Å². The van der Waals surface area contributed by atoms with Crippen molar-refractivity contribution in [1.82, 2.24) is 10.6 Å². The highest BCUT2D eigenvalue weighted by atomic mass is 16.6. The molecular weight excluding hydrogens is 240 g/mol. The van der Waals surface area contributed by atoms with Crippen LogP contribution < -0.4 is 10.6 Å². The van der Waals surface area contributed by atoms with E-state index < -0.39 is 5.60 Å². The van der Waals surface area contributed by atoms with E-state index in [0.29, 0.717) is 6.04 Å². The number of hydrogen-bond donors (Lipinski definition) is 2. The summed E-state index contributed by atoms with van der Waals surface area (Å²) < 4.78 is 5.29. The van der Waals surface area contributed by atoms with E-state index in [4.69, 9.17) is 4.74 Å². The minimum atomic E-state index is -0.412. The zero-order valence-corrected chi connectivity index (χ0v) is 12.7. The third kappa shape index (κ3) is 5.01. The Balaban J connectivity index is 1.64. The van der Waals surface area contributed by atoms with E-state index in [9.17, 15) is 4.79 Å². The number of carbonyl (C=O) groups excluding carboxylic acids is 1. The lowest BCUT2D eigenvalue weighted by Gasteiger charge is -2.30. The molecule has 1 amide bonds. The molecule has 2 N–H and O–H groups in total. The maximum Gasteiger partial charge on any atom is 0.407 e. The lowest BCUT2D eigenvalue weighted by Crippen LogP contribution is -2.44. The van der Waals surface area contributed by atoms with Crippen LogP contribution in [0.4, 0.5) is 4.79 Å². The van der Waals surface area contributed by atoms with Gasteiger partial charge in [-0.1, -0.05) is 6.92 Å². The number of alkyl carbamates (subject to hydrolysis) is 1. The third-order valence-electron chi connectivity index (χ3n) is 4.01. The lowest BCUT2D eigenvalue weighted by atomic mass is 9.91. The smallest absolute Gasteiger partial charge is 0.407 e. The number of nitrogens with one attached hydrogen (secondary N) is 2. The molecule has 0 radical (unpaired) electrons. The van der Waals surface area contributed by atoms with Gasteiger partial charge in [0.25, 0.3) is 0 Å². The molecule has 4 nitrogen and oxygen atoms in total. The van der Waals surface area contributed by atoms with E-state index in [1.54, 1.807) is 0 Å². The van der Waals surface area contributed by atoms with Gasteiger partial charge in [-0.15, -0.1) is 0 Å². The van der Waals surface area contributed by atoms with Crippen molar-refractivity contribution in [2.24, 2.45) is 5.92 Å². The van der Waals surface area contributed by atoms with Crippen LogP contribution in [0.25, 0.3) is 0 Å². The van der Waals surface area contributed by atoms with Crippen molar-refractivity contribution in [3.05, 3.63) is 0 Å². The number of ether oxygens (including phenoxy) is 1. The van der Waals surface area contributed by atoms with Gasteiger partial charge in [0.1, 0.15) is 5.60 Å². The fourth-order valence-electron chi connectivity index (χ4n) is 2.74. The molecule has 0 aliphatic heterocycles.